The van der Waals surface area contributed by atoms with Gasteiger partial charge in [0.15, 0.2) is 0 Å². The van der Waals surface area contributed by atoms with Crippen molar-refractivity contribution in [2.45, 2.75) is 32.4 Å². The second-order valence-corrected chi connectivity index (χ2v) is 6.89. The molecule has 0 amide bonds. The normalized spacial score (nSPS) is 17.2. The first kappa shape index (κ1) is 14.8. The van der Waals surface area contributed by atoms with E-state index in [4.69, 9.17) is 0 Å². The second kappa shape index (κ2) is 7.21. The predicted molar refractivity (Wildman–Crippen MR) is 91.7 cm³/mol. The summed E-state index contributed by atoms with van der Waals surface area (Å²) in [5.74, 6) is 0. The maximum absolute atomic E-state index is 3.61. The fourth-order valence-corrected chi connectivity index (χ4v) is 3.83. The zero-order chi connectivity index (χ0) is 14.5. The summed E-state index contributed by atoms with van der Waals surface area (Å²) in [6.07, 6.45) is 2.74. The number of benzene rings is 1. The molecule has 112 valence electrons. The van der Waals surface area contributed by atoms with E-state index < -0.39 is 0 Å². The van der Waals surface area contributed by atoms with Crippen LogP contribution in [-0.2, 0) is 6.54 Å². The molecule has 1 N–H and O–H groups in total. The summed E-state index contributed by atoms with van der Waals surface area (Å²) < 4.78 is 0. The van der Waals surface area contributed by atoms with Gasteiger partial charge in [-0.15, -0.1) is 11.3 Å². The van der Waals surface area contributed by atoms with Crippen molar-refractivity contribution in [3.63, 3.8) is 0 Å². The van der Waals surface area contributed by atoms with Crippen LogP contribution >= 0.6 is 11.3 Å². The van der Waals surface area contributed by atoms with Crippen LogP contribution < -0.4 is 5.32 Å². The third-order valence-electron chi connectivity index (χ3n) is 4.26. The Morgan fingerprint density at radius 3 is 2.67 bits per heavy atom. The van der Waals surface area contributed by atoms with E-state index in [1.807, 2.05) is 11.3 Å². The van der Waals surface area contributed by atoms with Crippen molar-refractivity contribution < 1.29 is 0 Å². The lowest BCUT2D eigenvalue weighted by molar-refractivity contribution is 0.252. The van der Waals surface area contributed by atoms with Crippen molar-refractivity contribution in [1.82, 2.24) is 10.2 Å². The van der Waals surface area contributed by atoms with Crippen LogP contribution in [-0.4, -0.2) is 30.6 Å². The summed E-state index contributed by atoms with van der Waals surface area (Å²) in [5.41, 5.74) is 2.65. The highest BCUT2D eigenvalue weighted by atomic mass is 32.1. The summed E-state index contributed by atoms with van der Waals surface area (Å²) in [5, 5.41) is 5.87. The largest absolute Gasteiger partial charge is 0.310 e. The lowest BCUT2D eigenvalue weighted by Crippen LogP contribution is -2.38. The molecule has 1 saturated heterocycles. The summed E-state index contributed by atoms with van der Waals surface area (Å²) in [6.45, 7) is 6.95. The predicted octanol–water partition coefficient (Wildman–Crippen LogP) is 3.99. The highest BCUT2D eigenvalue weighted by molar-refractivity contribution is 7.10. The van der Waals surface area contributed by atoms with E-state index in [1.54, 1.807) is 0 Å². The Morgan fingerprint density at radius 1 is 1.14 bits per heavy atom. The van der Waals surface area contributed by atoms with Crippen LogP contribution in [0.1, 0.15) is 24.6 Å². The van der Waals surface area contributed by atoms with E-state index in [0.29, 0.717) is 6.04 Å². The molecule has 3 rings (SSSR count). The second-order valence-electron chi connectivity index (χ2n) is 5.89. The van der Waals surface area contributed by atoms with Crippen LogP contribution in [0.4, 0.5) is 0 Å². The molecule has 21 heavy (non-hydrogen) atoms. The monoisotopic (exact) mass is 300 g/mol. The molecule has 1 aliphatic rings. The minimum Gasteiger partial charge on any atom is -0.310 e. The van der Waals surface area contributed by atoms with Gasteiger partial charge >= 0.3 is 0 Å². The number of thiophene rings is 1. The molecule has 1 atom stereocenters. The molecule has 0 aliphatic carbocycles. The molecule has 1 aliphatic heterocycles. The molecule has 3 heteroatoms. The Hall–Kier alpha value is -1.16. The van der Waals surface area contributed by atoms with Crippen molar-refractivity contribution in [3.8, 4) is 11.1 Å². The first-order valence-electron chi connectivity index (χ1n) is 7.90. The van der Waals surface area contributed by atoms with Crippen LogP contribution in [0.2, 0.25) is 0 Å². The third kappa shape index (κ3) is 3.94. The summed E-state index contributed by atoms with van der Waals surface area (Å²) in [6, 6.07) is 13.6. The minimum atomic E-state index is 0.654. The Kier molecular flexibility index (Phi) is 5.07. The zero-order valence-corrected chi connectivity index (χ0v) is 13.5. The van der Waals surface area contributed by atoms with E-state index in [0.717, 1.165) is 13.1 Å². The fourth-order valence-electron chi connectivity index (χ4n) is 2.97. The fraction of sp³-hybridized carbons (Fsp3) is 0.444. The third-order valence-corrected chi connectivity index (χ3v) is 5.20. The Morgan fingerprint density at radius 2 is 1.90 bits per heavy atom. The first-order chi connectivity index (χ1) is 10.3. The number of hydrogen-bond donors (Lipinski definition) is 1. The maximum Gasteiger partial charge on any atom is 0.0300 e. The Balaban J connectivity index is 1.49. The molecule has 1 aromatic heterocycles. The van der Waals surface area contributed by atoms with E-state index in [2.05, 4.69) is 58.9 Å². The van der Waals surface area contributed by atoms with Crippen LogP contribution in [0.15, 0.2) is 41.8 Å². The molecule has 1 fully saturated rings. The quantitative estimate of drug-likeness (QED) is 0.868. The highest BCUT2D eigenvalue weighted by Crippen LogP contribution is 2.25. The maximum atomic E-state index is 3.61. The minimum absolute atomic E-state index is 0.654. The number of nitrogens with one attached hydrogen (secondary N) is 1. The molecule has 1 unspecified atom stereocenters. The van der Waals surface area contributed by atoms with Crippen LogP contribution in [0, 0.1) is 0 Å². The molecule has 2 heterocycles. The molecule has 2 aromatic rings. The van der Waals surface area contributed by atoms with Crippen molar-refractivity contribution in [1.29, 1.82) is 0 Å². The van der Waals surface area contributed by atoms with Gasteiger partial charge in [0.2, 0.25) is 0 Å². The average molecular weight is 300 g/mol. The smallest absolute Gasteiger partial charge is 0.0300 e. The van der Waals surface area contributed by atoms with Crippen LogP contribution in [0.5, 0.6) is 0 Å². The molecule has 2 nitrogen and oxygen atoms in total. The molecule has 0 bridgehead atoms. The Labute approximate surface area is 131 Å². The first-order valence-corrected chi connectivity index (χ1v) is 8.78. The molecular weight excluding hydrogens is 276 g/mol. The molecule has 0 saturated carbocycles. The molecule has 1 aromatic carbocycles. The van der Waals surface area contributed by atoms with E-state index in [9.17, 15) is 0 Å². The summed E-state index contributed by atoms with van der Waals surface area (Å²) in [7, 11) is 0. The summed E-state index contributed by atoms with van der Waals surface area (Å²) >= 11 is 1.85. The number of hydrogen-bond acceptors (Lipinski definition) is 3. The van der Waals surface area contributed by atoms with Crippen molar-refractivity contribution in [3.05, 3.63) is 46.7 Å². The number of nitrogens with zero attached hydrogens (tertiary/aromatic N) is 1. The summed E-state index contributed by atoms with van der Waals surface area (Å²) in [4.78, 5) is 4.01. The van der Waals surface area contributed by atoms with Crippen molar-refractivity contribution >= 4 is 11.3 Å². The van der Waals surface area contributed by atoms with Gasteiger partial charge in [0.1, 0.15) is 0 Å². The van der Waals surface area contributed by atoms with E-state index in [-0.39, 0.29) is 0 Å². The van der Waals surface area contributed by atoms with E-state index in [1.165, 1.54) is 41.9 Å². The zero-order valence-electron chi connectivity index (χ0n) is 12.7. The van der Waals surface area contributed by atoms with Crippen molar-refractivity contribution in [2.75, 3.05) is 19.6 Å². The number of likely N-dealkylation sites (tertiary alicyclic amines) is 1. The molecular formula is C18H24N2S. The highest BCUT2D eigenvalue weighted by Gasteiger charge is 2.17. The van der Waals surface area contributed by atoms with Gasteiger partial charge in [-0.2, -0.15) is 0 Å². The topological polar surface area (TPSA) is 15.3 Å². The van der Waals surface area contributed by atoms with Gasteiger partial charge in [0.05, 0.1) is 0 Å². The van der Waals surface area contributed by atoms with Crippen LogP contribution in [0.25, 0.3) is 11.1 Å². The standard InChI is InChI=1S/C18H24N2S/c1-15(20-9-5-6-10-20)12-19-13-18-11-17(14-21-18)16-7-3-2-4-8-16/h2-4,7-8,11,14-15,19H,5-6,9-10,12-13H2,1H3. The van der Waals surface area contributed by atoms with Gasteiger partial charge in [-0.1, -0.05) is 30.3 Å². The number of rotatable bonds is 6. The molecule has 0 radical (unpaired) electrons. The van der Waals surface area contributed by atoms with Gasteiger partial charge in [0.25, 0.3) is 0 Å². The van der Waals surface area contributed by atoms with Crippen molar-refractivity contribution in [2.24, 2.45) is 0 Å². The van der Waals surface area contributed by atoms with Crippen LogP contribution in [0.3, 0.4) is 0 Å². The van der Waals surface area contributed by atoms with E-state index >= 15 is 0 Å². The lowest BCUT2D eigenvalue weighted by atomic mass is 10.1. The average Bonchev–Trinajstić information content (AvgIpc) is 3.20. The Bertz CT molecular complexity index is 543. The van der Waals surface area contributed by atoms with Gasteiger partial charge in [-0.05, 0) is 55.4 Å². The van der Waals surface area contributed by atoms with Gasteiger partial charge in [-0.3, -0.25) is 4.90 Å². The molecule has 0 spiro atoms. The van der Waals surface area contributed by atoms with Gasteiger partial charge in [-0.25, -0.2) is 0 Å². The van der Waals surface area contributed by atoms with Gasteiger partial charge < -0.3 is 5.32 Å². The van der Waals surface area contributed by atoms with Gasteiger partial charge in [0, 0.05) is 24.0 Å². The lowest BCUT2D eigenvalue weighted by Gasteiger charge is -2.23. The SMILES string of the molecule is CC(CNCc1cc(-c2ccccc2)cs1)N1CCCC1.